The van der Waals surface area contributed by atoms with E-state index < -0.39 is 0 Å². The molecule has 0 N–H and O–H groups in total. The van der Waals surface area contributed by atoms with E-state index >= 15 is 0 Å². The topological polar surface area (TPSA) is 46.2 Å². The van der Waals surface area contributed by atoms with Crippen LogP contribution < -0.4 is 0 Å². The van der Waals surface area contributed by atoms with Crippen LogP contribution in [0.1, 0.15) is 66.2 Å². The van der Waals surface area contributed by atoms with Crippen molar-refractivity contribution in [1.82, 2.24) is 0 Å². The van der Waals surface area contributed by atoms with E-state index in [2.05, 4.69) is 27.7 Å². The van der Waals surface area contributed by atoms with Gasteiger partial charge in [0.1, 0.15) is 0 Å². The van der Waals surface area contributed by atoms with Crippen LogP contribution >= 0.6 is 0 Å². The van der Waals surface area contributed by atoms with Gasteiger partial charge in [0.05, 0.1) is 51.8 Å². The normalized spacial score (nSPS) is 22.7. The molecule has 2 rings (SSSR count). The van der Waals surface area contributed by atoms with Crippen LogP contribution in [-0.4, -0.2) is 65.1 Å². The number of hydrogen-bond donors (Lipinski definition) is 0. The predicted octanol–water partition coefficient (Wildman–Crippen LogP) is 4.23. The Bertz CT molecular complexity index is 345. The molecule has 5 heteroatoms. The first kappa shape index (κ1) is 23.1. The molecule has 0 aromatic heterocycles. The Morgan fingerprint density at radius 3 is 1.37 bits per heavy atom. The fraction of sp³-hybridized carbons (Fsp3) is 1.00. The minimum atomic E-state index is 0.0527. The highest BCUT2D eigenvalue weighted by Gasteiger charge is 2.51. The second kappa shape index (κ2) is 11.7. The Morgan fingerprint density at radius 2 is 1.11 bits per heavy atom. The summed E-state index contributed by atoms with van der Waals surface area (Å²) in [5.41, 5.74) is 0.154. The van der Waals surface area contributed by atoms with Crippen molar-refractivity contribution in [2.45, 2.75) is 78.4 Å². The molecule has 0 aromatic carbocycles. The molecule has 2 saturated heterocycles. The van der Waals surface area contributed by atoms with Gasteiger partial charge in [-0.05, 0) is 25.7 Å². The third kappa shape index (κ3) is 5.89. The molecule has 2 aliphatic heterocycles. The van der Waals surface area contributed by atoms with Crippen molar-refractivity contribution in [3.8, 4) is 0 Å². The largest absolute Gasteiger partial charge is 0.380 e. The molecule has 0 amide bonds. The molecule has 0 bridgehead atoms. The minimum Gasteiger partial charge on any atom is -0.380 e. The van der Waals surface area contributed by atoms with Crippen molar-refractivity contribution in [1.29, 1.82) is 0 Å². The zero-order valence-electron chi connectivity index (χ0n) is 18.1. The average Bonchev–Trinajstić information content (AvgIpc) is 2.60. The molecule has 160 valence electrons. The van der Waals surface area contributed by atoms with E-state index in [9.17, 15) is 0 Å². The van der Waals surface area contributed by atoms with E-state index in [1.165, 1.54) is 0 Å². The van der Waals surface area contributed by atoms with Crippen LogP contribution in [0, 0.1) is 10.8 Å². The maximum Gasteiger partial charge on any atom is 0.0913 e. The van der Waals surface area contributed by atoms with Crippen LogP contribution in [0.5, 0.6) is 0 Å². The molecule has 0 radical (unpaired) electrons. The minimum absolute atomic E-state index is 0.0527. The smallest absolute Gasteiger partial charge is 0.0913 e. The number of hydrogen-bond acceptors (Lipinski definition) is 5. The predicted molar refractivity (Wildman–Crippen MR) is 107 cm³/mol. The third-order valence-electron chi connectivity index (χ3n) is 6.48. The van der Waals surface area contributed by atoms with Gasteiger partial charge in [0.15, 0.2) is 0 Å². The van der Waals surface area contributed by atoms with E-state index in [1.54, 1.807) is 0 Å². The van der Waals surface area contributed by atoms with Crippen LogP contribution in [0.15, 0.2) is 0 Å². The summed E-state index contributed by atoms with van der Waals surface area (Å²) in [5, 5.41) is 0. The number of ether oxygens (including phenoxy) is 5. The van der Waals surface area contributed by atoms with Crippen LogP contribution in [-0.2, 0) is 23.7 Å². The van der Waals surface area contributed by atoms with Gasteiger partial charge in [0.2, 0.25) is 0 Å². The van der Waals surface area contributed by atoms with Crippen molar-refractivity contribution in [3.63, 3.8) is 0 Å². The summed E-state index contributed by atoms with van der Waals surface area (Å²) in [7, 11) is 0. The highest BCUT2D eigenvalue weighted by atomic mass is 16.6. The summed E-state index contributed by atoms with van der Waals surface area (Å²) >= 11 is 0. The molecule has 2 atom stereocenters. The van der Waals surface area contributed by atoms with Gasteiger partial charge in [-0.1, -0.05) is 40.5 Å². The second-order valence-electron chi connectivity index (χ2n) is 8.39. The summed E-state index contributed by atoms with van der Waals surface area (Å²) < 4.78 is 30.0. The van der Waals surface area contributed by atoms with Gasteiger partial charge in [0, 0.05) is 24.0 Å². The Labute approximate surface area is 166 Å². The first-order valence-electron chi connectivity index (χ1n) is 11.1. The summed E-state index contributed by atoms with van der Waals surface area (Å²) in [5.74, 6) is 0. The first-order chi connectivity index (χ1) is 13.2. The van der Waals surface area contributed by atoms with E-state index in [-0.39, 0.29) is 23.0 Å². The molecular weight excluding hydrogens is 344 g/mol. The van der Waals surface area contributed by atoms with Gasteiger partial charge in [-0.15, -0.1) is 0 Å². The zero-order chi connectivity index (χ0) is 19.6. The van der Waals surface area contributed by atoms with E-state index in [0.29, 0.717) is 13.2 Å². The van der Waals surface area contributed by atoms with Gasteiger partial charge in [-0.25, -0.2) is 0 Å². The number of unbranched alkanes of at least 4 members (excludes halogenated alkanes) is 2. The second-order valence-corrected chi connectivity index (χ2v) is 8.39. The van der Waals surface area contributed by atoms with Crippen molar-refractivity contribution in [2.75, 3.05) is 52.9 Å². The summed E-state index contributed by atoms with van der Waals surface area (Å²) in [6.07, 6.45) is 6.70. The van der Waals surface area contributed by atoms with Crippen LogP contribution in [0.4, 0.5) is 0 Å². The molecular formula is C22H42O5. The first-order valence-corrected chi connectivity index (χ1v) is 11.1. The Balaban J connectivity index is 2.03. The zero-order valence-corrected chi connectivity index (χ0v) is 18.1. The number of rotatable bonds is 16. The lowest BCUT2D eigenvalue weighted by Gasteiger charge is -2.51. The highest BCUT2D eigenvalue weighted by molar-refractivity contribution is 4.97. The van der Waals surface area contributed by atoms with Crippen molar-refractivity contribution >= 4 is 0 Å². The Hall–Kier alpha value is -0.200. The molecule has 27 heavy (non-hydrogen) atoms. The Morgan fingerprint density at radius 1 is 0.704 bits per heavy atom. The fourth-order valence-electron chi connectivity index (χ4n) is 3.76. The van der Waals surface area contributed by atoms with E-state index in [0.717, 1.165) is 78.2 Å². The third-order valence-corrected chi connectivity index (χ3v) is 6.48. The molecule has 2 aliphatic rings. The summed E-state index contributed by atoms with van der Waals surface area (Å²) in [6.45, 7) is 14.8. The average molecular weight is 387 g/mol. The van der Waals surface area contributed by atoms with E-state index in [1.807, 2.05) is 0 Å². The molecule has 0 spiro atoms. The van der Waals surface area contributed by atoms with Crippen LogP contribution in [0.2, 0.25) is 0 Å². The molecule has 0 aromatic rings. The van der Waals surface area contributed by atoms with Crippen molar-refractivity contribution in [2.24, 2.45) is 10.8 Å². The van der Waals surface area contributed by atoms with Gasteiger partial charge < -0.3 is 23.7 Å². The highest BCUT2D eigenvalue weighted by Crippen LogP contribution is 2.42. The lowest BCUT2D eigenvalue weighted by molar-refractivity contribution is -0.265. The van der Waals surface area contributed by atoms with Gasteiger partial charge in [-0.3, -0.25) is 0 Å². The summed E-state index contributed by atoms with van der Waals surface area (Å²) in [4.78, 5) is 0. The SMILES string of the molecule is CCCCOCC(OC(COCCCC)C1(CC)COC1)C1(CC)COC1. The van der Waals surface area contributed by atoms with Crippen molar-refractivity contribution < 1.29 is 23.7 Å². The molecule has 2 unspecified atom stereocenters. The monoisotopic (exact) mass is 386 g/mol. The molecule has 2 heterocycles. The molecule has 0 saturated carbocycles. The van der Waals surface area contributed by atoms with Gasteiger partial charge >= 0.3 is 0 Å². The standard InChI is InChI=1S/C22H42O5/c1-5-9-11-23-13-19(21(7-3)15-25-16-21)27-20(14-24-12-10-6-2)22(8-4)17-26-18-22/h19-20H,5-18H2,1-4H3. The quantitative estimate of drug-likeness (QED) is 0.372. The molecule has 5 nitrogen and oxygen atoms in total. The molecule has 0 aliphatic carbocycles. The summed E-state index contributed by atoms with van der Waals surface area (Å²) in [6, 6.07) is 0. The Kier molecular flexibility index (Phi) is 10.0. The lowest BCUT2D eigenvalue weighted by atomic mass is 9.75. The van der Waals surface area contributed by atoms with Gasteiger partial charge in [-0.2, -0.15) is 0 Å². The maximum absolute atomic E-state index is 6.80. The van der Waals surface area contributed by atoms with Crippen molar-refractivity contribution in [3.05, 3.63) is 0 Å². The maximum atomic E-state index is 6.80. The lowest BCUT2D eigenvalue weighted by Crippen LogP contribution is -2.60. The van der Waals surface area contributed by atoms with Crippen LogP contribution in [0.25, 0.3) is 0 Å². The molecule has 2 fully saturated rings. The van der Waals surface area contributed by atoms with Gasteiger partial charge in [0.25, 0.3) is 0 Å². The van der Waals surface area contributed by atoms with E-state index in [4.69, 9.17) is 23.7 Å². The fourth-order valence-corrected chi connectivity index (χ4v) is 3.76. The van der Waals surface area contributed by atoms with Crippen LogP contribution in [0.3, 0.4) is 0 Å².